The van der Waals surface area contributed by atoms with Gasteiger partial charge in [0, 0.05) is 18.7 Å². The third-order valence-electron chi connectivity index (χ3n) is 4.11. The number of methoxy groups -OCH3 is 1. The Balaban J connectivity index is 0.00000264. The van der Waals surface area contributed by atoms with E-state index in [0.717, 1.165) is 13.0 Å². The van der Waals surface area contributed by atoms with Gasteiger partial charge in [0.2, 0.25) is 0 Å². The van der Waals surface area contributed by atoms with Crippen LogP contribution in [0.1, 0.15) is 23.7 Å². The molecule has 0 radical (unpaired) electrons. The van der Waals surface area contributed by atoms with Crippen molar-refractivity contribution in [3.8, 4) is 11.5 Å². The summed E-state index contributed by atoms with van der Waals surface area (Å²) in [6, 6.07) is 5.24. The molecule has 5 nitrogen and oxygen atoms in total. The lowest BCUT2D eigenvalue weighted by molar-refractivity contribution is 0.0776. The van der Waals surface area contributed by atoms with Gasteiger partial charge in [0.25, 0.3) is 5.91 Å². The lowest BCUT2D eigenvalue weighted by Gasteiger charge is -2.22. The van der Waals surface area contributed by atoms with Gasteiger partial charge in [-0.2, -0.15) is 0 Å². The third kappa shape index (κ3) is 4.39. The summed E-state index contributed by atoms with van der Waals surface area (Å²) in [6.07, 6.45) is 2.60. The molecule has 0 aliphatic carbocycles. The number of amides is 1. The van der Waals surface area contributed by atoms with Crippen molar-refractivity contribution in [3.63, 3.8) is 0 Å². The van der Waals surface area contributed by atoms with E-state index in [2.05, 4.69) is 13.5 Å². The third-order valence-corrected chi connectivity index (χ3v) is 4.11. The minimum Gasteiger partial charge on any atom is -0.493 e. The van der Waals surface area contributed by atoms with Gasteiger partial charge in [0.1, 0.15) is 6.61 Å². The smallest absolute Gasteiger partial charge is 0.254 e. The zero-order chi connectivity index (χ0) is 16.2. The number of nitrogens with two attached hydrogens (primary N) is 1. The highest BCUT2D eigenvalue weighted by atomic mass is 35.5. The number of carbonyl (C=O) groups excluding carboxylic acids is 1. The van der Waals surface area contributed by atoms with Crippen molar-refractivity contribution >= 4 is 18.3 Å². The molecule has 1 atom stereocenters. The first kappa shape index (κ1) is 19.3. The van der Waals surface area contributed by atoms with Crippen LogP contribution in [0.3, 0.4) is 0 Å². The molecule has 0 spiro atoms. The Morgan fingerprint density at radius 3 is 2.78 bits per heavy atom. The van der Waals surface area contributed by atoms with Crippen LogP contribution in [0, 0.1) is 5.41 Å². The van der Waals surface area contributed by atoms with Gasteiger partial charge in [-0.05, 0) is 36.6 Å². The second kappa shape index (κ2) is 8.22. The molecule has 0 bridgehead atoms. The van der Waals surface area contributed by atoms with Crippen LogP contribution in [0.25, 0.3) is 0 Å². The van der Waals surface area contributed by atoms with E-state index in [-0.39, 0.29) is 23.7 Å². The van der Waals surface area contributed by atoms with Gasteiger partial charge in [0.15, 0.2) is 11.5 Å². The summed E-state index contributed by atoms with van der Waals surface area (Å²) in [5.41, 5.74) is 6.42. The van der Waals surface area contributed by atoms with Crippen LogP contribution in [0.15, 0.2) is 30.9 Å². The normalized spacial score (nSPS) is 19.9. The number of likely N-dealkylation sites (tertiary alicyclic amines) is 1. The minimum absolute atomic E-state index is 0. The zero-order valence-corrected chi connectivity index (χ0v) is 14.5. The van der Waals surface area contributed by atoms with Crippen molar-refractivity contribution in [2.24, 2.45) is 11.1 Å². The highest BCUT2D eigenvalue weighted by Crippen LogP contribution is 2.32. The molecule has 23 heavy (non-hydrogen) atoms. The number of hydrogen-bond acceptors (Lipinski definition) is 4. The van der Waals surface area contributed by atoms with Gasteiger partial charge in [-0.15, -0.1) is 12.4 Å². The first-order valence-corrected chi connectivity index (χ1v) is 7.44. The van der Waals surface area contributed by atoms with Crippen LogP contribution in [0.4, 0.5) is 0 Å². The second-order valence-electron chi connectivity index (χ2n) is 5.96. The zero-order valence-electron chi connectivity index (χ0n) is 13.7. The van der Waals surface area contributed by atoms with Crippen molar-refractivity contribution in [1.82, 2.24) is 4.90 Å². The Morgan fingerprint density at radius 1 is 1.48 bits per heavy atom. The van der Waals surface area contributed by atoms with Crippen LogP contribution in [0.2, 0.25) is 0 Å². The largest absolute Gasteiger partial charge is 0.493 e. The van der Waals surface area contributed by atoms with E-state index < -0.39 is 0 Å². The van der Waals surface area contributed by atoms with Gasteiger partial charge >= 0.3 is 0 Å². The molecular formula is C17H25ClN2O3. The molecule has 1 amide bonds. The fraction of sp³-hybridized carbons (Fsp3) is 0.471. The molecule has 1 aromatic carbocycles. The summed E-state index contributed by atoms with van der Waals surface area (Å²) in [4.78, 5) is 14.5. The Kier molecular flexibility index (Phi) is 6.91. The Hall–Kier alpha value is -1.72. The van der Waals surface area contributed by atoms with Crippen molar-refractivity contribution in [2.75, 3.05) is 33.4 Å². The van der Waals surface area contributed by atoms with Gasteiger partial charge < -0.3 is 20.1 Å². The van der Waals surface area contributed by atoms with Crippen LogP contribution < -0.4 is 15.2 Å². The van der Waals surface area contributed by atoms with E-state index in [1.165, 1.54) is 0 Å². The van der Waals surface area contributed by atoms with E-state index in [0.29, 0.717) is 36.8 Å². The molecule has 1 aromatic rings. The predicted octanol–water partition coefficient (Wildman–Crippen LogP) is 2.49. The van der Waals surface area contributed by atoms with Gasteiger partial charge in [0.05, 0.1) is 7.11 Å². The fourth-order valence-electron chi connectivity index (χ4n) is 2.61. The average molecular weight is 341 g/mol. The van der Waals surface area contributed by atoms with E-state index in [1.807, 2.05) is 4.90 Å². The summed E-state index contributed by atoms with van der Waals surface area (Å²) in [5, 5.41) is 0. The van der Waals surface area contributed by atoms with E-state index >= 15 is 0 Å². The minimum atomic E-state index is 0. The molecule has 1 heterocycles. The van der Waals surface area contributed by atoms with Crippen LogP contribution >= 0.6 is 12.4 Å². The molecule has 128 valence electrons. The van der Waals surface area contributed by atoms with E-state index in [4.69, 9.17) is 15.2 Å². The maximum absolute atomic E-state index is 12.6. The Labute approximate surface area is 143 Å². The van der Waals surface area contributed by atoms with Gasteiger partial charge in [-0.3, -0.25) is 4.79 Å². The number of hydrogen-bond donors (Lipinski definition) is 1. The molecule has 1 saturated heterocycles. The molecule has 0 saturated carbocycles. The molecule has 2 N–H and O–H groups in total. The van der Waals surface area contributed by atoms with E-state index in [1.54, 1.807) is 31.4 Å². The van der Waals surface area contributed by atoms with Gasteiger partial charge in [-0.1, -0.05) is 19.6 Å². The predicted molar refractivity (Wildman–Crippen MR) is 93.6 cm³/mol. The number of rotatable bonds is 6. The van der Waals surface area contributed by atoms with Crippen molar-refractivity contribution < 1.29 is 14.3 Å². The lowest BCUT2D eigenvalue weighted by Crippen LogP contribution is -2.34. The van der Waals surface area contributed by atoms with E-state index in [9.17, 15) is 4.79 Å². The SMILES string of the molecule is C=CCOc1ccc(C(=O)N2CCC(C)(CN)C2)cc1OC.Cl. The topological polar surface area (TPSA) is 64.8 Å². The maximum Gasteiger partial charge on any atom is 0.254 e. The highest BCUT2D eigenvalue weighted by molar-refractivity contribution is 5.95. The summed E-state index contributed by atoms with van der Waals surface area (Å²) in [6.45, 7) is 8.15. The highest BCUT2D eigenvalue weighted by Gasteiger charge is 2.35. The summed E-state index contributed by atoms with van der Waals surface area (Å²) < 4.78 is 10.8. The number of benzene rings is 1. The fourth-order valence-corrected chi connectivity index (χ4v) is 2.61. The Bertz CT molecular complexity index is 565. The molecule has 1 unspecified atom stereocenters. The molecule has 1 aliphatic heterocycles. The molecular weight excluding hydrogens is 316 g/mol. The second-order valence-corrected chi connectivity index (χ2v) is 5.96. The summed E-state index contributed by atoms with van der Waals surface area (Å²) >= 11 is 0. The average Bonchev–Trinajstić information content (AvgIpc) is 2.95. The van der Waals surface area contributed by atoms with Crippen LogP contribution in [-0.4, -0.2) is 44.2 Å². The maximum atomic E-state index is 12.6. The van der Waals surface area contributed by atoms with Crippen molar-refractivity contribution in [2.45, 2.75) is 13.3 Å². The first-order valence-electron chi connectivity index (χ1n) is 7.44. The molecule has 0 aromatic heterocycles. The van der Waals surface area contributed by atoms with Crippen molar-refractivity contribution in [1.29, 1.82) is 0 Å². The number of halogens is 1. The quantitative estimate of drug-likeness (QED) is 0.808. The number of ether oxygens (including phenoxy) is 2. The van der Waals surface area contributed by atoms with Crippen LogP contribution in [0.5, 0.6) is 11.5 Å². The van der Waals surface area contributed by atoms with Gasteiger partial charge in [-0.25, -0.2) is 0 Å². The lowest BCUT2D eigenvalue weighted by atomic mass is 9.90. The summed E-state index contributed by atoms with van der Waals surface area (Å²) in [5.74, 6) is 1.16. The van der Waals surface area contributed by atoms with Crippen molar-refractivity contribution in [3.05, 3.63) is 36.4 Å². The molecule has 1 fully saturated rings. The monoisotopic (exact) mass is 340 g/mol. The Morgan fingerprint density at radius 2 is 2.22 bits per heavy atom. The summed E-state index contributed by atoms with van der Waals surface area (Å²) in [7, 11) is 1.56. The molecule has 2 rings (SSSR count). The number of carbonyl (C=O) groups is 1. The first-order chi connectivity index (χ1) is 10.5. The molecule has 1 aliphatic rings. The van der Waals surface area contributed by atoms with Crippen LogP contribution in [-0.2, 0) is 0 Å². The number of nitrogens with zero attached hydrogens (tertiary/aromatic N) is 1. The molecule has 6 heteroatoms. The standard InChI is InChI=1S/C17H24N2O3.ClH/c1-4-9-22-14-6-5-13(10-15(14)21-3)16(20)19-8-7-17(2,11-18)12-19;/h4-6,10H,1,7-9,11-12,18H2,2-3H3;1H.